The van der Waals surface area contributed by atoms with E-state index in [2.05, 4.69) is 135 Å². The molecule has 0 atom stereocenters. The molecule has 0 aliphatic heterocycles. The summed E-state index contributed by atoms with van der Waals surface area (Å²) < 4.78 is 0. The van der Waals surface area contributed by atoms with Gasteiger partial charge in [0.25, 0.3) is 0 Å². The highest BCUT2D eigenvalue weighted by molar-refractivity contribution is 7.73. The molecule has 0 N–H and O–H groups in total. The van der Waals surface area contributed by atoms with Crippen molar-refractivity contribution in [3.05, 3.63) is 121 Å². The zero-order valence-electron chi connectivity index (χ0n) is 20.1. The van der Waals surface area contributed by atoms with Gasteiger partial charge >= 0.3 is 0 Å². The van der Waals surface area contributed by atoms with E-state index in [9.17, 15) is 0 Å². The standard InChI is InChI=1S/2C15H17P.2ClH/c2*1-2-13-16(14-9-5-3-6-10-14)15-11-7-4-8-12-15;;/h2*3-12H,2,13H2,1H3;2*1H. The number of hydrogen-bond donors (Lipinski definition) is 0. The van der Waals surface area contributed by atoms with Crippen LogP contribution >= 0.6 is 40.7 Å². The van der Waals surface area contributed by atoms with Gasteiger partial charge in [0.15, 0.2) is 0 Å². The SMILES string of the molecule is CCCP(c1ccccc1)c1ccccc1.CCCP(c1ccccc1)c1ccccc1.Cl.Cl. The van der Waals surface area contributed by atoms with E-state index in [1.807, 2.05) is 0 Å². The highest BCUT2D eigenvalue weighted by Gasteiger charge is 2.12. The Morgan fingerprint density at radius 1 is 0.382 bits per heavy atom. The third-order valence-corrected chi connectivity index (χ3v) is 10.6. The molecule has 0 spiro atoms. The lowest BCUT2D eigenvalue weighted by Crippen LogP contribution is -2.13. The quantitative estimate of drug-likeness (QED) is 0.204. The number of rotatable bonds is 8. The molecule has 0 unspecified atom stereocenters. The van der Waals surface area contributed by atoms with Gasteiger partial charge in [-0.25, -0.2) is 0 Å². The molecular weight excluding hydrogens is 493 g/mol. The van der Waals surface area contributed by atoms with E-state index in [0.29, 0.717) is 0 Å². The Kier molecular flexibility index (Phi) is 15.8. The van der Waals surface area contributed by atoms with Crippen LogP contribution in [0.15, 0.2) is 121 Å². The van der Waals surface area contributed by atoms with Crippen molar-refractivity contribution in [1.82, 2.24) is 0 Å². The average Bonchev–Trinajstić information content (AvgIpc) is 2.88. The van der Waals surface area contributed by atoms with Crippen LogP contribution in [0.25, 0.3) is 0 Å². The summed E-state index contributed by atoms with van der Waals surface area (Å²) in [5, 5.41) is 5.97. The van der Waals surface area contributed by atoms with Crippen molar-refractivity contribution in [2.24, 2.45) is 0 Å². The van der Waals surface area contributed by atoms with Gasteiger partial charge in [-0.05, 0) is 49.4 Å². The minimum absolute atomic E-state index is 0. The fraction of sp³-hybridized carbons (Fsp3) is 0.200. The van der Waals surface area contributed by atoms with E-state index in [1.165, 1.54) is 46.4 Å². The van der Waals surface area contributed by atoms with Crippen LogP contribution in [0.3, 0.4) is 0 Å². The van der Waals surface area contributed by atoms with E-state index in [1.54, 1.807) is 0 Å². The summed E-state index contributed by atoms with van der Waals surface area (Å²) in [5.41, 5.74) is 0. The zero-order chi connectivity index (χ0) is 22.4. The molecular formula is C30H36Cl2P2. The molecule has 4 heteroatoms. The molecule has 0 aliphatic rings. The Hall–Kier alpha value is -1.68. The van der Waals surface area contributed by atoms with Crippen LogP contribution in [0.5, 0.6) is 0 Å². The number of benzene rings is 4. The summed E-state index contributed by atoms with van der Waals surface area (Å²) in [6.07, 6.45) is 5.05. The molecule has 0 bridgehead atoms. The fourth-order valence-corrected chi connectivity index (χ4v) is 8.35. The van der Waals surface area contributed by atoms with Crippen LogP contribution in [0.2, 0.25) is 0 Å². The molecule has 4 aromatic rings. The minimum Gasteiger partial charge on any atom is -0.147 e. The Morgan fingerprint density at radius 3 is 0.765 bits per heavy atom. The second kappa shape index (κ2) is 17.7. The first-order valence-corrected chi connectivity index (χ1v) is 14.6. The minimum atomic E-state index is -0.151. The molecule has 0 amide bonds. The summed E-state index contributed by atoms with van der Waals surface area (Å²) >= 11 is 0. The Balaban J connectivity index is 0.000000321. The maximum Gasteiger partial charge on any atom is -0.0195 e. The predicted molar refractivity (Wildman–Crippen MR) is 163 cm³/mol. The summed E-state index contributed by atoms with van der Waals surface area (Å²) in [6, 6.07) is 43.6. The molecule has 0 aromatic heterocycles. The largest absolute Gasteiger partial charge is 0.147 e. The first kappa shape index (κ1) is 30.4. The summed E-state index contributed by atoms with van der Waals surface area (Å²) in [7, 11) is -0.302. The third-order valence-electron chi connectivity index (χ3n) is 5.17. The van der Waals surface area contributed by atoms with E-state index < -0.39 is 0 Å². The average molecular weight is 529 g/mol. The Morgan fingerprint density at radius 2 is 0.588 bits per heavy atom. The summed E-state index contributed by atoms with van der Waals surface area (Å²) in [5.74, 6) is 0. The highest BCUT2D eigenvalue weighted by Crippen LogP contribution is 2.34. The zero-order valence-corrected chi connectivity index (χ0v) is 23.5. The second-order valence-corrected chi connectivity index (χ2v) is 12.3. The fourth-order valence-electron chi connectivity index (χ4n) is 3.69. The van der Waals surface area contributed by atoms with E-state index in [-0.39, 0.29) is 40.7 Å². The summed E-state index contributed by atoms with van der Waals surface area (Å²) in [6.45, 7) is 4.53. The lowest BCUT2D eigenvalue weighted by Gasteiger charge is -2.17. The molecule has 0 saturated heterocycles. The van der Waals surface area contributed by atoms with E-state index in [4.69, 9.17) is 0 Å². The normalized spacial score (nSPS) is 10.0. The van der Waals surface area contributed by atoms with Crippen molar-refractivity contribution in [3.8, 4) is 0 Å². The van der Waals surface area contributed by atoms with E-state index in [0.717, 1.165) is 0 Å². The molecule has 0 nitrogen and oxygen atoms in total. The molecule has 0 radical (unpaired) electrons. The van der Waals surface area contributed by atoms with Gasteiger partial charge in [0.1, 0.15) is 0 Å². The van der Waals surface area contributed by atoms with Crippen molar-refractivity contribution in [3.63, 3.8) is 0 Å². The molecule has 180 valence electrons. The molecule has 0 fully saturated rings. The monoisotopic (exact) mass is 528 g/mol. The van der Waals surface area contributed by atoms with Gasteiger partial charge in [0.2, 0.25) is 0 Å². The molecule has 0 saturated carbocycles. The lowest BCUT2D eigenvalue weighted by molar-refractivity contribution is 1.10. The predicted octanol–water partition coefficient (Wildman–Crippen LogP) is 7.90. The van der Waals surface area contributed by atoms with Gasteiger partial charge in [-0.2, -0.15) is 0 Å². The maximum atomic E-state index is 2.27. The molecule has 34 heavy (non-hydrogen) atoms. The van der Waals surface area contributed by atoms with Crippen LogP contribution in [-0.4, -0.2) is 12.3 Å². The number of hydrogen-bond acceptors (Lipinski definition) is 0. The van der Waals surface area contributed by atoms with Crippen molar-refractivity contribution < 1.29 is 0 Å². The lowest BCUT2D eigenvalue weighted by atomic mass is 10.4. The van der Waals surface area contributed by atoms with Gasteiger partial charge in [-0.15, -0.1) is 24.8 Å². The Bertz CT molecular complexity index is 833. The third kappa shape index (κ3) is 9.52. The smallest absolute Gasteiger partial charge is 0.0195 e. The van der Waals surface area contributed by atoms with Crippen LogP contribution in [0.4, 0.5) is 0 Å². The first-order chi connectivity index (χ1) is 15.8. The second-order valence-electron chi connectivity index (χ2n) is 7.65. The van der Waals surface area contributed by atoms with Crippen molar-refractivity contribution in [2.75, 3.05) is 12.3 Å². The van der Waals surface area contributed by atoms with Gasteiger partial charge < -0.3 is 0 Å². The van der Waals surface area contributed by atoms with Crippen LogP contribution in [0, 0.1) is 0 Å². The van der Waals surface area contributed by atoms with Gasteiger partial charge in [0.05, 0.1) is 0 Å². The van der Waals surface area contributed by atoms with Gasteiger partial charge in [-0.3, -0.25) is 0 Å². The molecule has 4 aromatic carbocycles. The molecule has 0 aliphatic carbocycles. The first-order valence-electron chi connectivity index (χ1n) is 11.6. The molecule has 0 heterocycles. The van der Waals surface area contributed by atoms with Gasteiger partial charge in [-0.1, -0.05) is 148 Å². The van der Waals surface area contributed by atoms with Crippen molar-refractivity contribution >= 4 is 61.9 Å². The van der Waals surface area contributed by atoms with E-state index >= 15 is 0 Å². The van der Waals surface area contributed by atoms with Crippen molar-refractivity contribution in [1.29, 1.82) is 0 Å². The van der Waals surface area contributed by atoms with Crippen LogP contribution in [0.1, 0.15) is 26.7 Å². The highest BCUT2D eigenvalue weighted by atomic mass is 35.5. The van der Waals surface area contributed by atoms with Crippen LogP contribution < -0.4 is 21.2 Å². The summed E-state index contributed by atoms with van der Waals surface area (Å²) in [4.78, 5) is 0. The van der Waals surface area contributed by atoms with Crippen LogP contribution in [-0.2, 0) is 0 Å². The topological polar surface area (TPSA) is 0 Å². The maximum absolute atomic E-state index is 2.27. The van der Waals surface area contributed by atoms with Crippen molar-refractivity contribution in [2.45, 2.75) is 26.7 Å². The molecule has 4 rings (SSSR count). The number of halogens is 2. The van der Waals surface area contributed by atoms with Gasteiger partial charge in [0, 0.05) is 0 Å². The Labute approximate surface area is 221 Å².